The molecule has 29 heavy (non-hydrogen) atoms. The highest BCUT2D eigenvalue weighted by Gasteiger charge is 2.21. The molecule has 6 nitrogen and oxygen atoms in total. The van der Waals surface area contributed by atoms with Crippen LogP contribution in [-0.2, 0) is 11.8 Å². The average molecular weight is 403 g/mol. The summed E-state index contributed by atoms with van der Waals surface area (Å²) in [6.45, 7) is 2.49. The standard InChI is InChI=1S/C20H20F3N5O/c1-11-17(21)19(23)27-20(18(11)22)26-16-8-13(12-3-5-29-6-4-12)7-15(25-16)14-9-24-28(2)10-14/h7-10,12H,3-6H2,1-2H3,(H,25,26,27). The van der Waals surface area contributed by atoms with Crippen LogP contribution >= 0.6 is 0 Å². The number of pyridine rings is 2. The van der Waals surface area contributed by atoms with E-state index in [-0.39, 0.29) is 5.92 Å². The Morgan fingerprint density at radius 3 is 2.55 bits per heavy atom. The molecule has 0 amide bonds. The topological polar surface area (TPSA) is 64.9 Å². The van der Waals surface area contributed by atoms with E-state index in [1.54, 1.807) is 24.0 Å². The van der Waals surface area contributed by atoms with Gasteiger partial charge in [0.1, 0.15) is 5.82 Å². The molecule has 4 rings (SSSR count). The zero-order chi connectivity index (χ0) is 20.5. The monoisotopic (exact) mass is 403 g/mol. The van der Waals surface area contributed by atoms with Crippen LogP contribution in [0.1, 0.15) is 29.9 Å². The van der Waals surface area contributed by atoms with Gasteiger partial charge in [-0.3, -0.25) is 4.68 Å². The second kappa shape index (κ2) is 7.82. The van der Waals surface area contributed by atoms with E-state index in [4.69, 9.17) is 4.74 Å². The number of anilines is 2. The summed E-state index contributed by atoms with van der Waals surface area (Å²) in [5.41, 5.74) is 2.00. The van der Waals surface area contributed by atoms with Gasteiger partial charge in [-0.2, -0.15) is 14.5 Å². The Balaban J connectivity index is 1.76. The van der Waals surface area contributed by atoms with E-state index in [2.05, 4.69) is 20.4 Å². The molecule has 1 N–H and O–H groups in total. The fraction of sp³-hybridized carbons (Fsp3) is 0.350. The highest BCUT2D eigenvalue weighted by Crippen LogP contribution is 2.32. The number of halogens is 3. The van der Waals surface area contributed by atoms with Crippen molar-refractivity contribution < 1.29 is 17.9 Å². The lowest BCUT2D eigenvalue weighted by molar-refractivity contribution is 0.0853. The smallest absolute Gasteiger partial charge is 0.251 e. The molecule has 9 heteroatoms. The minimum Gasteiger partial charge on any atom is -0.381 e. The summed E-state index contributed by atoms with van der Waals surface area (Å²) in [6.07, 6.45) is 5.21. The van der Waals surface area contributed by atoms with E-state index >= 15 is 0 Å². The van der Waals surface area contributed by atoms with E-state index in [0.717, 1.165) is 30.9 Å². The van der Waals surface area contributed by atoms with Crippen LogP contribution in [0.4, 0.5) is 24.8 Å². The number of nitrogens with zero attached hydrogens (tertiary/aromatic N) is 4. The van der Waals surface area contributed by atoms with Crippen LogP contribution in [0.5, 0.6) is 0 Å². The maximum absolute atomic E-state index is 14.4. The first kappa shape index (κ1) is 19.4. The molecule has 1 aliphatic heterocycles. The molecule has 0 bridgehead atoms. The second-order valence-corrected chi connectivity index (χ2v) is 7.09. The van der Waals surface area contributed by atoms with Gasteiger partial charge in [-0.05, 0) is 43.4 Å². The van der Waals surface area contributed by atoms with Crippen molar-refractivity contribution in [3.05, 3.63) is 53.2 Å². The summed E-state index contributed by atoms with van der Waals surface area (Å²) in [5.74, 6) is -3.47. The molecular formula is C20H20F3N5O. The Bertz CT molecular complexity index is 1050. The molecule has 0 unspecified atom stereocenters. The third-order valence-electron chi connectivity index (χ3n) is 5.04. The SMILES string of the molecule is Cc1c(F)c(F)nc(Nc2cc(C3CCOCC3)cc(-c3cnn(C)c3)n2)c1F. The Hall–Kier alpha value is -2.94. The van der Waals surface area contributed by atoms with E-state index < -0.39 is 29.0 Å². The number of hydrogen-bond donors (Lipinski definition) is 1. The number of hydrogen-bond acceptors (Lipinski definition) is 5. The zero-order valence-corrected chi connectivity index (χ0v) is 16.0. The molecule has 1 fully saturated rings. The average Bonchev–Trinajstić information content (AvgIpc) is 3.17. The first-order valence-electron chi connectivity index (χ1n) is 9.29. The van der Waals surface area contributed by atoms with Crippen LogP contribution in [0.2, 0.25) is 0 Å². The lowest BCUT2D eigenvalue weighted by atomic mass is 9.91. The van der Waals surface area contributed by atoms with E-state index in [1.807, 2.05) is 12.3 Å². The highest BCUT2D eigenvalue weighted by atomic mass is 19.2. The minimum atomic E-state index is -1.36. The van der Waals surface area contributed by atoms with E-state index in [9.17, 15) is 13.2 Å². The number of aromatic nitrogens is 4. The molecule has 4 heterocycles. The van der Waals surface area contributed by atoms with Crippen molar-refractivity contribution in [1.82, 2.24) is 19.7 Å². The largest absolute Gasteiger partial charge is 0.381 e. The summed E-state index contributed by atoms with van der Waals surface area (Å²) in [5, 5.41) is 6.88. The summed E-state index contributed by atoms with van der Waals surface area (Å²) in [4.78, 5) is 7.88. The van der Waals surface area contributed by atoms with Crippen molar-refractivity contribution in [3.63, 3.8) is 0 Å². The number of ether oxygens (including phenoxy) is 1. The summed E-state index contributed by atoms with van der Waals surface area (Å²) in [7, 11) is 1.80. The van der Waals surface area contributed by atoms with Gasteiger partial charge in [0.05, 0.1) is 11.9 Å². The fourth-order valence-electron chi connectivity index (χ4n) is 3.41. The van der Waals surface area contributed by atoms with Gasteiger partial charge in [-0.15, -0.1) is 0 Å². The van der Waals surface area contributed by atoms with Gasteiger partial charge in [0.2, 0.25) is 0 Å². The van der Waals surface area contributed by atoms with Gasteiger partial charge in [0, 0.05) is 37.6 Å². The normalized spacial score (nSPS) is 14.9. The van der Waals surface area contributed by atoms with Crippen LogP contribution in [-0.4, -0.2) is 33.0 Å². The van der Waals surface area contributed by atoms with Gasteiger partial charge in [-0.1, -0.05) is 0 Å². The van der Waals surface area contributed by atoms with Gasteiger partial charge < -0.3 is 10.1 Å². The summed E-state index contributed by atoms with van der Waals surface area (Å²) >= 11 is 0. The summed E-state index contributed by atoms with van der Waals surface area (Å²) in [6, 6.07) is 3.76. The maximum atomic E-state index is 14.4. The Morgan fingerprint density at radius 1 is 1.10 bits per heavy atom. The Labute approximate surface area is 165 Å². The molecule has 0 aliphatic carbocycles. The van der Waals surface area contributed by atoms with E-state index in [1.165, 1.54) is 0 Å². The molecule has 0 aromatic carbocycles. The van der Waals surface area contributed by atoms with Crippen LogP contribution in [0.25, 0.3) is 11.3 Å². The molecule has 0 atom stereocenters. The van der Waals surface area contributed by atoms with Crippen LogP contribution in [0.3, 0.4) is 0 Å². The van der Waals surface area contributed by atoms with Crippen LogP contribution in [0, 0.1) is 24.5 Å². The molecule has 0 spiro atoms. The van der Waals surface area contributed by atoms with Crippen molar-refractivity contribution in [2.75, 3.05) is 18.5 Å². The molecule has 3 aromatic heterocycles. The third kappa shape index (κ3) is 3.95. The maximum Gasteiger partial charge on any atom is 0.251 e. The highest BCUT2D eigenvalue weighted by molar-refractivity contribution is 5.64. The van der Waals surface area contributed by atoms with Crippen molar-refractivity contribution in [2.24, 2.45) is 7.05 Å². The number of rotatable bonds is 4. The van der Waals surface area contributed by atoms with Crippen molar-refractivity contribution in [1.29, 1.82) is 0 Å². The quantitative estimate of drug-likeness (QED) is 0.660. The third-order valence-corrected chi connectivity index (χ3v) is 5.04. The van der Waals surface area contributed by atoms with E-state index in [0.29, 0.717) is 24.7 Å². The number of aryl methyl sites for hydroxylation is 1. The zero-order valence-electron chi connectivity index (χ0n) is 16.0. The van der Waals surface area contributed by atoms with Crippen LogP contribution < -0.4 is 5.32 Å². The molecule has 3 aromatic rings. The molecule has 1 saturated heterocycles. The lowest BCUT2D eigenvalue weighted by Crippen LogP contribution is -2.14. The van der Waals surface area contributed by atoms with Crippen molar-refractivity contribution in [3.8, 4) is 11.3 Å². The Kier molecular flexibility index (Phi) is 5.23. The van der Waals surface area contributed by atoms with Crippen LogP contribution in [0.15, 0.2) is 24.5 Å². The van der Waals surface area contributed by atoms with Gasteiger partial charge in [0.15, 0.2) is 17.5 Å². The predicted octanol–water partition coefficient (Wildman–Crippen LogP) is 4.24. The van der Waals surface area contributed by atoms with Gasteiger partial charge >= 0.3 is 0 Å². The predicted molar refractivity (Wildman–Crippen MR) is 101 cm³/mol. The molecule has 0 saturated carbocycles. The minimum absolute atomic E-state index is 0.257. The van der Waals surface area contributed by atoms with Crippen molar-refractivity contribution in [2.45, 2.75) is 25.7 Å². The molecular weight excluding hydrogens is 383 g/mol. The first-order chi connectivity index (χ1) is 13.9. The Morgan fingerprint density at radius 2 is 1.86 bits per heavy atom. The second-order valence-electron chi connectivity index (χ2n) is 7.09. The number of nitrogens with one attached hydrogen (secondary N) is 1. The van der Waals surface area contributed by atoms with Gasteiger partial charge in [-0.25, -0.2) is 13.8 Å². The van der Waals surface area contributed by atoms with Gasteiger partial charge in [0.25, 0.3) is 5.95 Å². The fourth-order valence-corrected chi connectivity index (χ4v) is 3.41. The molecule has 152 valence electrons. The summed E-state index contributed by atoms with van der Waals surface area (Å²) < 4.78 is 48.8. The van der Waals surface area contributed by atoms with Crippen molar-refractivity contribution >= 4 is 11.6 Å². The first-order valence-corrected chi connectivity index (χ1v) is 9.29. The molecule has 0 radical (unpaired) electrons. The molecule has 1 aliphatic rings. The lowest BCUT2D eigenvalue weighted by Gasteiger charge is -2.23.